The normalized spacial score (nSPS) is 15.0. The Hall–Kier alpha value is -2.54. The lowest BCUT2D eigenvalue weighted by Crippen LogP contribution is -2.44. The molecule has 0 bridgehead atoms. The Morgan fingerprint density at radius 1 is 1.14 bits per heavy atom. The molecule has 0 amide bonds. The monoisotopic (exact) mass is 285 g/mol. The van der Waals surface area contributed by atoms with E-state index in [1.807, 2.05) is 6.07 Å². The van der Waals surface area contributed by atoms with E-state index in [1.54, 1.807) is 18.3 Å². The number of nitro groups is 1. The van der Waals surface area contributed by atoms with Gasteiger partial charge in [-0.05, 0) is 18.2 Å². The first-order valence-corrected chi connectivity index (χ1v) is 6.77. The van der Waals surface area contributed by atoms with E-state index in [-0.39, 0.29) is 5.69 Å². The van der Waals surface area contributed by atoms with E-state index in [4.69, 9.17) is 0 Å². The molecule has 0 saturated carbocycles. The first-order valence-electron chi connectivity index (χ1n) is 6.77. The SMILES string of the molecule is O=[N+]([O-])c1ccc(-c2ccnc(N3CCNCC3)n2)cc1. The molecule has 21 heavy (non-hydrogen) atoms. The fraction of sp³-hybridized carbons (Fsp3) is 0.286. The van der Waals surface area contributed by atoms with E-state index in [1.165, 1.54) is 12.1 Å². The summed E-state index contributed by atoms with van der Waals surface area (Å²) < 4.78 is 0. The third-order valence-electron chi connectivity index (χ3n) is 3.42. The van der Waals surface area contributed by atoms with Crippen LogP contribution in [-0.2, 0) is 0 Å². The molecule has 2 aromatic rings. The van der Waals surface area contributed by atoms with Gasteiger partial charge in [-0.3, -0.25) is 10.1 Å². The summed E-state index contributed by atoms with van der Waals surface area (Å²) in [6.07, 6.45) is 1.72. The number of non-ortho nitro benzene ring substituents is 1. The summed E-state index contributed by atoms with van der Waals surface area (Å²) in [5.74, 6) is 0.701. The molecule has 7 heteroatoms. The van der Waals surface area contributed by atoms with Crippen molar-refractivity contribution in [3.63, 3.8) is 0 Å². The van der Waals surface area contributed by atoms with Gasteiger partial charge in [0.1, 0.15) is 0 Å². The van der Waals surface area contributed by atoms with Crippen molar-refractivity contribution >= 4 is 11.6 Å². The van der Waals surface area contributed by atoms with Gasteiger partial charge in [0.25, 0.3) is 5.69 Å². The Labute approximate surface area is 121 Å². The van der Waals surface area contributed by atoms with Gasteiger partial charge in [-0.25, -0.2) is 9.97 Å². The predicted octanol–water partition coefficient (Wildman–Crippen LogP) is 1.46. The van der Waals surface area contributed by atoms with Crippen LogP contribution in [0.2, 0.25) is 0 Å². The summed E-state index contributed by atoms with van der Waals surface area (Å²) in [5.41, 5.74) is 1.70. The number of nitrogens with one attached hydrogen (secondary N) is 1. The topological polar surface area (TPSA) is 84.2 Å². The molecular formula is C14H15N5O2. The lowest BCUT2D eigenvalue weighted by Gasteiger charge is -2.27. The molecule has 1 saturated heterocycles. The number of nitrogens with zero attached hydrogens (tertiary/aromatic N) is 4. The highest BCUT2D eigenvalue weighted by molar-refractivity contribution is 5.61. The molecule has 108 valence electrons. The smallest absolute Gasteiger partial charge is 0.269 e. The number of hydrogen-bond donors (Lipinski definition) is 1. The van der Waals surface area contributed by atoms with Crippen molar-refractivity contribution in [1.82, 2.24) is 15.3 Å². The fourth-order valence-corrected chi connectivity index (χ4v) is 2.28. The largest absolute Gasteiger partial charge is 0.338 e. The van der Waals surface area contributed by atoms with E-state index in [2.05, 4.69) is 20.2 Å². The third-order valence-corrected chi connectivity index (χ3v) is 3.42. The Balaban J connectivity index is 1.86. The van der Waals surface area contributed by atoms with E-state index < -0.39 is 4.92 Å². The first kappa shape index (κ1) is 13.4. The highest BCUT2D eigenvalue weighted by atomic mass is 16.6. The minimum Gasteiger partial charge on any atom is -0.338 e. The maximum absolute atomic E-state index is 10.7. The molecule has 1 fully saturated rings. The van der Waals surface area contributed by atoms with Crippen LogP contribution in [0.1, 0.15) is 0 Å². The van der Waals surface area contributed by atoms with E-state index in [0.29, 0.717) is 5.95 Å². The molecular weight excluding hydrogens is 270 g/mol. The predicted molar refractivity (Wildman–Crippen MR) is 79.2 cm³/mol. The zero-order valence-corrected chi connectivity index (χ0v) is 11.4. The number of benzene rings is 1. The summed E-state index contributed by atoms with van der Waals surface area (Å²) in [7, 11) is 0. The molecule has 1 aliphatic rings. The maximum atomic E-state index is 10.7. The van der Waals surface area contributed by atoms with Crippen LogP contribution in [0.5, 0.6) is 0 Å². The second-order valence-electron chi connectivity index (χ2n) is 4.78. The highest BCUT2D eigenvalue weighted by Crippen LogP contribution is 2.22. The number of nitro benzene ring substituents is 1. The minimum absolute atomic E-state index is 0.0788. The quantitative estimate of drug-likeness (QED) is 0.679. The molecule has 0 spiro atoms. The lowest BCUT2D eigenvalue weighted by atomic mass is 10.1. The maximum Gasteiger partial charge on any atom is 0.269 e. The van der Waals surface area contributed by atoms with Crippen molar-refractivity contribution in [3.8, 4) is 11.3 Å². The zero-order chi connectivity index (χ0) is 14.7. The van der Waals surface area contributed by atoms with Gasteiger partial charge in [-0.2, -0.15) is 0 Å². The molecule has 0 radical (unpaired) electrons. The number of hydrogen-bond acceptors (Lipinski definition) is 6. The van der Waals surface area contributed by atoms with Crippen LogP contribution in [0.3, 0.4) is 0 Å². The summed E-state index contributed by atoms with van der Waals surface area (Å²) >= 11 is 0. The van der Waals surface area contributed by atoms with Crippen LogP contribution in [0, 0.1) is 10.1 Å². The van der Waals surface area contributed by atoms with Crippen LogP contribution < -0.4 is 10.2 Å². The van der Waals surface area contributed by atoms with Crippen LogP contribution in [0.25, 0.3) is 11.3 Å². The van der Waals surface area contributed by atoms with E-state index in [0.717, 1.165) is 37.4 Å². The Morgan fingerprint density at radius 2 is 1.86 bits per heavy atom. The van der Waals surface area contributed by atoms with Gasteiger partial charge in [-0.1, -0.05) is 0 Å². The molecule has 0 aliphatic carbocycles. The molecule has 0 atom stereocenters. The minimum atomic E-state index is -0.407. The number of aromatic nitrogens is 2. The first-order chi connectivity index (χ1) is 10.2. The average molecular weight is 285 g/mol. The van der Waals surface area contributed by atoms with Gasteiger partial charge in [0, 0.05) is 50.1 Å². The summed E-state index contributed by atoms with van der Waals surface area (Å²) in [4.78, 5) is 21.3. The van der Waals surface area contributed by atoms with Crippen molar-refractivity contribution in [1.29, 1.82) is 0 Å². The van der Waals surface area contributed by atoms with Gasteiger partial charge in [0.2, 0.25) is 5.95 Å². The lowest BCUT2D eigenvalue weighted by molar-refractivity contribution is -0.384. The molecule has 1 aromatic carbocycles. The van der Waals surface area contributed by atoms with Crippen molar-refractivity contribution in [2.45, 2.75) is 0 Å². The zero-order valence-electron chi connectivity index (χ0n) is 11.4. The molecule has 1 aromatic heterocycles. The number of piperazine rings is 1. The van der Waals surface area contributed by atoms with Gasteiger partial charge >= 0.3 is 0 Å². The number of anilines is 1. The Morgan fingerprint density at radius 3 is 2.52 bits per heavy atom. The molecule has 0 unspecified atom stereocenters. The molecule has 1 aliphatic heterocycles. The van der Waals surface area contributed by atoms with Crippen LogP contribution in [-0.4, -0.2) is 41.1 Å². The summed E-state index contributed by atoms with van der Waals surface area (Å²) in [6, 6.07) is 8.21. The van der Waals surface area contributed by atoms with Crippen LogP contribution >= 0.6 is 0 Å². The average Bonchev–Trinajstić information content (AvgIpc) is 2.56. The Kier molecular flexibility index (Phi) is 3.74. The summed E-state index contributed by atoms with van der Waals surface area (Å²) in [6.45, 7) is 3.60. The second-order valence-corrected chi connectivity index (χ2v) is 4.78. The second kappa shape index (κ2) is 5.84. The van der Waals surface area contributed by atoms with Crippen molar-refractivity contribution in [2.24, 2.45) is 0 Å². The van der Waals surface area contributed by atoms with E-state index >= 15 is 0 Å². The van der Waals surface area contributed by atoms with Gasteiger partial charge < -0.3 is 10.2 Å². The van der Waals surface area contributed by atoms with E-state index in [9.17, 15) is 10.1 Å². The molecule has 2 heterocycles. The van der Waals surface area contributed by atoms with Crippen molar-refractivity contribution < 1.29 is 4.92 Å². The molecule has 7 nitrogen and oxygen atoms in total. The molecule has 3 rings (SSSR count). The van der Waals surface area contributed by atoms with Gasteiger partial charge in [0.15, 0.2) is 0 Å². The standard InChI is InChI=1S/C14H15N5O2/c20-19(21)12-3-1-11(2-4-12)13-5-6-16-14(17-13)18-9-7-15-8-10-18/h1-6,15H,7-10H2. The van der Waals surface area contributed by atoms with Gasteiger partial charge in [-0.15, -0.1) is 0 Å². The van der Waals surface area contributed by atoms with Crippen LogP contribution in [0.15, 0.2) is 36.5 Å². The fourth-order valence-electron chi connectivity index (χ4n) is 2.28. The highest BCUT2D eigenvalue weighted by Gasteiger charge is 2.14. The molecule has 1 N–H and O–H groups in total. The summed E-state index contributed by atoms with van der Waals surface area (Å²) in [5, 5.41) is 14.0. The Bertz CT molecular complexity index is 638. The van der Waals surface area contributed by atoms with Crippen molar-refractivity contribution in [3.05, 3.63) is 46.6 Å². The van der Waals surface area contributed by atoms with Crippen molar-refractivity contribution in [2.75, 3.05) is 31.1 Å². The van der Waals surface area contributed by atoms with Gasteiger partial charge in [0.05, 0.1) is 10.6 Å². The number of rotatable bonds is 3. The van der Waals surface area contributed by atoms with Crippen LogP contribution in [0.4, 0.5) is 11.6 Å². The third kappa shape index (κ3) is 2.97.